The monoisotopic (exact) mass is 333 g/mol. The van der Waals surface area contributed by atoms with E-state index in [9.17, 15) is 5.11 Å². The molecule has 128 valence electrons. The lowest BCUT2D eigenvalue weighted by Gasteiger charge is -2.30. The largest absolute Gasteiger partial charge is 0.390 e. The fourth-order valence-corrected chi connectivity index (χ4v) is 3.52. The molecule has 1 aromatic heterocycles. The highest BCUT2D eigenvalue weighted by atomic mass is 16.3. The number of hydrogen-bond donors (Lipinski definition) is 1. The molecule has 2 heterocycles. The highest BCUT2D eigenvalue weighted by molar-refractivity contribution is 5.61. The molecule has 3 aromatic rings. The van der Waals surface area contributed by atoms with Crippen molar-refractivity contribution in [3.63, 3.8) is 0 Å². The zero-order valence-electron chi connectivity index (χ0n) is 14.3. The molecule has 1 aliphatic heterocycles. The third-order valence-electron chi connectivity index (χ3n) is 4.82. The van der Waals surface area contributed by atoms with E-state index in [0.717, 1.165) is 30.6 Å². The van der Waals surface area contributed by atoms with E-state index in [-0.39, 0.29) is 0 Å². The molecule has 0 aliphatic carbocycles. The van der Waals surface area contributed by atoms with E-state index < -0.39 is 6.10 Å². The Bertz CT molecular complexity index is 828. The molecule has 4 rings (SSSR count). The van der Waals surface area contributed by atoms with E-state index in [0.29, 0.717) is 13.1 Å². The van der Waals surface area contributed by atoms with Crippen molar-refractivity contribution in [2.45, 2.75) is 25.6 Å². The maximum absolute atomic E-state index is 10.5. The normalized spacial score (nSPS) is 15.7. The fourth-order valence-electron chi connectivity index (χ4n) is 3.52. The summed E-state index contributed by atoms with van der Waals surface area (Å²) in [5, 5.41) is 14.9. The maximum atomic E-state index is 10.5. The number of fused-ring (bicyclic) bond motifs is 1. The van der Waals surface area contributed by atoms with Crippen LogP contribution < -0.4 is 0 Å². The summed E-state index contributed by atoms with van der Waals surface area (Å²) in [4.78, 5) is 2.33. The molecule has 0 saturated heterocycles. The summed E-state index contributed by atoms with van der Waals surface area (Å²) in [5.74, 6) is 0. The first-order valence-corrected chi connectivity index (χ1v) is 8.83. The van der Waals surface area contributed by atoms with Crippen LogP contribution in [0.25, 0.3) is 11.1 Å². The SMILES string of the molecule is OC(CN1CCc2ccccc2C1)Cn1cc(-c2ccccc2)cn1. The van der Waals surface area contributed by atoms with Crippen LogP contribution in [0, 0.1) is 0 Å². The van der Waals surface area contributed by atoms with Gasteiger partial charge in [-0.05, 0) is 23.1 Å². The number of aromatic nitrogens is 2. The third-order valence-corrected chi connectivity index (χ3v) is 4.82. The molecule has 0 bridgehead atoms. The standard InChI is InChI=1S/C21H23N3O/c25-21(15-23-11-10-18-8-4-5-9-19(18)13-23)16-24-14-20(12-22-24)17-6-2-1-3-7-17/h1-9,12,14,21,25H,10-11,13,15-16H2. The maximum Gasteiger partial charge on any atom is 0.0862 e. The van der Waals surface area contributed by atoms with Crippen molar-refractivity contribution in [3.05, 3.63) is 78.1 Å². The highest BCUT2D eigenvalue weighted by Gasteiger charge is 2.18. The lowest BCUT2D eigenvalue weighted by molar-refractivity contribution is 0.0889. The molecule has 1 aliphatic rings. The highest BCUT2D eigenvalue weighted by Crippen LogP contribution is 2.20. The predicted molar refractivity (Wildman–Crippen MR) is 99.1 cm³/mol. The first kappa shape index (κ1) is 16.1. The molecule has 0 amide bonds. The second kappa shape index (κ2) is 7.21. The van der Waals surface area contributed by atoms with Gasteiger partial charge >= 0.3 is 0 Å². The number of benzene rings is 2. The van der Waals surface area contributed by atoms with Gasteiger partial charge in [-0.1, -0.05) is 54.6 Å². The topological polar surface area (TPSA) is 41.3 Å². The summed E-state index contributed by atoms with van der Waals surface area (Å²) in [7, 11) is 0. The van der Waals surface area contributed by atoms with Crippen molar-refractivity contribution in [1.29, 1.82) is 0 Å². The summed E-state index contributed by atoms with van der Waals surface area (Å²) in [6.07, 6.45) is 4.50. The molecule has 1 N–H and O–H groups in total. The van der Waals surface area contributed by atoms with E-state index in [1.54, 1.807) is 0 Å². The van der Waals surface area contributed by atoms with Crippen LogP contribution in [-0.2, 0) is 19.5 Å². The molecule has 2 aromatic carbocycles. The molecular weight excluding hydrogens is 310 g/mol. The summed E-state index contributed by atoms with van der Waals surface area (Å²) >= 11 is 0. The van der Waals surface area contributed by atoms with Crippen molar-refractivity contribution >= 4 is 0 Å². The molecule has 4 heteroatoms. The number of nitrogens with zero attached hydrogens (tertiary/aromatic N) is 3. The quantitative estimate of drug-likeness (QED) is 0.780. The molecular formula is C21H23N3O. The van der Waals surface area contributed by atoms with Crippen LogP contribution in [0.1, 0.15) is 11.1 Å². The third kappa shape index (κ3) is 3.81. The lowest BCUT2D eigenvalue weighted by Crippen LogP contribution is -2.38. The van der Waals surface area contributed by atoms with E-state index in [1.807, 2.05) is 35.3 Å². The van der Waals surface area contributed by atoms with Gasteiger partial charge in [0.1, 0.15) is 0 Å². The van der Waals surface area contributed by atoms with Gasteiger partial charge in [0.05, 0.1) is 18.8 Å². The van der Waals surface area contributed by atoms with Gasteiger partial charge in [0.25, 0.3) is 0 Å². The number of aliphatic hydroxyl groups is 1. The number of β-amino-alcohol motifs (C(OH)–C–C–N with tert-alkyl or cyclic N) is 1. The summed E-state index contributed by atoms with van der Waals surface area (Å²) in [6, 6.07) is 18.8. The van der Waals surface area contributed by atoms with Gasteiger partial charge in [0.15, 0.2) is 0 Å². The number of aliphatic hydroxyl groups excluding tert-OH is 1. The van der Waals surface area contributed by atoms with E-state index in [1.165, 1.54) is 11.1 Å². The minimum Gasteiger partial charge on any atom is -0.390 e. The molecule has 0 radical (unpaired) electrons. The van der Waals surface area contributed by atoms with Crippen LogP contribution in [0.4, 0.5) is 0 Å². The molecule has 1 unspecified atom stereocenters. The minimum atomic E-state index is -0.422. The minimum absolute atomic E-state index is 0.422. The van der Waals surface area contributed by atoms with Crippen LogP contribution in [0.3, 0.4) is 0 Å². The van der Waals surface area contributed by atoms with Crippen molar-refractivity contribution in [2.75, 3.05) is 13.1 Å². The Kier molecular flexibility index (Phi) is 4.63. The van der Waals surface area contributed by atoms with Gasteiger partial charge in [0.2, 0.25) is 0 Å². The average molecular weight is 333 g/mol. The second-order valence-electron chi connectivity index (χ2n) is 6.72. The number of hydrogen-bond acceptors (Lipinski definition) is 3. The van der Waals surface area contributed by atoms with Crippen molar-refractivity contribution in [3.8, 4) is 11.1 Å². The Morgan fingerprint density at radius 3 is 2.52 bits per heavy atom. The summed E-state index contributed by atoms with van der Waals surface area (Å²) < 4.78 is 1.84. The second-order valence-corrected chi connectivity index (χ2v) is 6.72. The van der Waals surface area contributed by atoms with Gasteiger partial charge in [-0.2, -0.15) is 5.10 Å². The smallest absolute Gasteiger partial charge is 0.0862 e. The molecule has 0 saturated carbocycles. The van der Waals surface area contributed by atoms with Gasteiger partial charge < -0.3 is 5.11 Å². The molecule has 4 nitrogen and oxygen atoms in total. The Hall–Kier alpha value is -2.43. The number of rotatable bonds is 5. The zero-order valence-corrected chi connectivity index (χ0v) is 14.3. The van der Waals surface area contributed by atoms with Crippen LogP contribution in [0.5, 0.6) is 0 Å². The van der Waals surface area contributed by atoms with E-state index >= 15 is 0 Å². The zero-order chi connectivity index (χ0) is 17.1. The Morgan fingerprint density at radius 1 is 0.920 bits per heavy atom. The van der Waals surface area contributed by atoms with Crippen molar-refractivity contribution in [1.82, 2.24) is 14.7 Å². The lowest BCUT2D eigenvalue weighted by atomic mass is 10.00. The predicted octanol–water partition coefficient (Wildman–Crippen LogP) is 2.97. The van der Waals surface area contributed by atoms with Crippen LogP contribution in [0.15, 0.2) is 67.0 Å². The Labute approximate surface area is 148 Å². The molecule has 0 fully saturated rings. The summed E-state index contributed by atoms with van der Waals surface area (Å²) in [6.45, 7) is 3.11. The van der Waals surface area contributed by atoms with Gasteiger partial charge in [-0.3, -0.25) is 9.58 Å². The molecule has 1 atom stereocenters. The van der Waals surface area contributed by atoms with Gasteiger partial charge in [-0.15, -0.1) is 0 Å². The van der Waals surface area contributed by atoms with Crippen LogP contribution in [0.2, 0.25) is 0 Å². The van der Waals surface area contributed by atoms with E-state index in [2.05, 4.69) is 46.4 Å². The van der Waals surface area contributed by atoms with Crippen LogP contribution in [-0.4, -0.2) is 39.0 Å². The average Bonchev–Trinajstić information content (AvgIpc) is 3.10. The van der Waals surface area contributed by atoms with E-state index in [4.69, 9.17) is 0 Å². The van der Waals surface area contributed by atoms with Crippen LogP contribution >= 0.6 is 0 Å². The van der Waals surface area contributed by atoms with Crippen molar-refractivity contribution < 1.29 is 5.11 Å². The Morgan fingerprint density at radius 2 is 1.68 bits per heavy atom. The fraction of sp³-hybridized carbons (Fsp3) is 0.286. The first-order chi connectivity index (χ1) is 12.3. The first-order valence-electron chi connectivity index (χ1n) is 8.83. The van der Waals surface area contributed by atoms with Gasteiger partial charge in [-0.25, -0.2) is 0 Å². The Balaban J connectivity index is 1.35. The van der Waals surface area contributed by atoms with Crippen molar-refractivity contribution in [2.24, 2.45) is 0 Å². The molecule has 25 heavy (non-hydrogen) atoms. The molecule has 0 spiro atoms. The summed E-state index contributed by atoms with van der Waals surface area (Å²) in [5.41, 5.74) is 5.05. The van der Waals surface area contributed by atoms with Gasteiger partial charge in [0, 0.05) is 31.4 Å².